The first-order chi connectivity index (χ1) is 14.5. The molecule has 0 saturated carbocycles. The highest BCUT2D eigenvalue weighted by atomic mass is 32.2. The quantitative estimate of drug-likeness (QED) is 0.690. The zero-order valence-corrected chi connectivity index (χ0v) is 18.2. The van der Waals surface area contributed by atoms with Gasteiger partial charge in [-0.15, -0.1) is 11.8 Å². The number of amides is 3. The van der Waals surface area contributed by atoms with Crippen LogP contribution in [0.5, 0.6) is 0 Å². The molecule has 1 aromatic carbocycles. The minimum atomic E-state index is -0.631. The standard InChI is InChI=1S/C22H29N3O4S/c1-3-13(2)18(20(27)23-11-14-7-6-10-29-14)24-19(26)17-12-30-22-16-9-5-4-8-15(16)21(28)25(17)22/h4-5,8-9,13-14,17-18,22H,3,6-7,10-12H2,1-2H3,(H,23,27)(H,24,26)/t13-,14-,17+,18+,22-/m1/s1. The molecule has 3 amide bonds. The molecule has 5 atom stereocenters. The van der Waals surface area contributed by atoms with Crippen molar-refractivity contribution in [3.63, 3.8) is 0 Å². The van der Waals surface area contributed by atoms with E-state index in [2.05, 4.69) is 10.6 Å². The Morgan fingerprint density at radius 2 is 2.13 bits per heavy atom. The first kappa shape index (κ1) is 21.2. The Labute approximate surface area is 181 Å². The molecule has 4 rings (SSSR count). The molecule has 3 aliphatic rings. The van der Waals surface area contributed by atoms with Gasteiger partial charge >= 0.3 is 0 Å². The fraction of sp³-hybridized carbons (Fsp3) is 0.591. The predicted octanol–water partition coefficient (Wildman–Crippen LogP) is 2.08. The van der Waals surface area contributed by atoms with Crippen molar-refractivity contribution in [3.05, 3.63) is 35.4 Å². The average Bonchev–Trinajstić information content (AvgIpc) is 3.49. The molecule has 2 N–H and O–H groups in total. The third-order valence-electron chi connectivity index (χ3n) is 6.32. The predicted molar refractivity (Wildman–Crippen MR) is 115 cm³/mol. The number of ether oxygens (including phenoxy) is 1. The summed E-state index contributed by atoms with van der Waals surface area (Å²) in [6.45, 7) is 5.15. The smallest absolute Gasteiger partial charge is 0.256 e. The molecule has 0 aromatic heterocycles. The minimum absolute atomic E-state index is 0.0187. The van der Waals surface area contributed by atoms with E-state index in [1.54, 1.807) is 16.7 Å². The number of benzene rings is 1. The van der Waals surface area contributed by atoms with Gasteiger partial charge in [0.25, 0.3) is 5.91 Å². The summed E-state index contributed by atoms with van der Waals surface area (Å²) < 4.78 is 5.57. The highest BCUT2D eigenvalue weighted by Gasteiger charge is 2.48. The Balaban J connectivity index is 1.42. The fourth-order valence-electron chi connectivity index (χ4n) is 4.32. The molecule has 3 aliphatic heterocycles. The van der Waals surface area contributed by atoms with E-state index in [-0.39, 0.29) is 35.1 Å². The second-order valence-corrected chi connectivity index (χ2v) is 9.37. The maximum atomic E-state index is 13.2. The molecule has 0 radical (unpaired) electrons. The van der Waals surface area contributed by atoms with Crippen LogP contribution in [0.25, 0.3) is 0 Å². The number of nitrogens with zero attached hydrogens (tertiary/aromatic N) is 1. The van der Waals surface area contributed by atoms with Gasteiger partial charge in [0.2, 0.25) is 11.8 Å². The van der Waals surface area contributed by atoms with Crippen molar-refractivity contribution in [1.82, 2.24) is 15.5 Å². The molecule has 162 valence electrons. The Morgan fingerprint density at radius 3 is 2.87 bits per heavy atom. The largest absolute Gasteiger partial charge is 0.376 e. The molecule has 0 unspecified atom stereocenters. The Hall–Kier alpha value is -2.06. The Bertz CT molecular complexity index is 826. The lowest BCUT2D eigenvalue weighted by Gasteiger charge is -2.28. The second-order valence-electron chi connectivity index (χ2n) is 8.25. The molecule has 2 fully saturated rings. The number of fused-ring (bicyclic) bond motifs is 3. The Morgan fingerprint density at radius 1 is 1.33 bits per heavy atom. The molecule has 3 heterocycles. The van der Waals surface area contributed by atoms with E-state index in [0.717, 1.165) is 31.4 Å². The summed E-state index contributed by atoms with van der Waals surface area (Å²) in [5, 5.41) is 5.76. The summed E-state index contributed by atoms with van der Waals surface area (Å²) in [5.41, 5.74) is 1.64. The van der Waals surface area contributed by atoms with Crippen molar-refractivity contribution in [3.8, 4) is 0 Å². The van der Waals surface area contributed by atoms with Crippen molar-refractivity contribution < 1.29 is 19.1 Å². The van der Waals surface area contributed by atoms with Crippen molar-refractivity contribution >= 4 is 29.5 Å². The van der Waals surface area contributed by atoms with Crippen LogP contribution in [0.1, 0.15) is 54.4 Å². The number of carbonyl (C=O) groups is 3. The number of nitrogens with one attached hydrogen (secondary N) is 2. The monoisotopic (exact) mass is 431 g/mol. The van der Waals surface area contributed by atoms with Crippen molar-refractivity contribution in [2.75, 3.05) is 18.9 Å². The topological polar surface area (TPSA) is 87.7 Å². The third kappa shape index (κ3) is 3.95. The lowest BCUT2D eigenvalue weighted by Crippen LogP contribution is -2.56. The Kier molecular flexibility index (Phi) is 6.34. The molecule has 30 heavy (non-hydrogen) atoms. The van der Waals surface area contributed by atoms with Crippen molar-refractivity contribution in [2.45, 2.75) is 56.7 Å². The molecule has 8 heteroatoms. The summed E-state index contributed by atoms with van der Waals surface area (Å²) in [5.74, 6) is -0.0463. The van der Waals surface area contributed by atoms with Gasteiger partial charge in [0.1, 0.15) is 17.5 Å². The molecule has 0 bridgehead atoms. The lowest BCUT2D eigenvalue weighted by atomic mass is 9.97. The van der Waals surface area contributed by atoms with Gasteiger partial charge in [0, 0.05) is 24.5 Å². The second kappa shape index (κ2) is 8.98. The maximum absolute atomic E-state index is 13.2. The van der Waals surface area contributed by atoms with E-state index in [1.807, 2.05) is 38.1 Å². The van der Waals surface area contributed by atoms with Gasteiger partial charge in [-0.25, -0.2) is 0 Å². The van der Waals surface area contributed by atoms with Gasteiger partial charge in [0.15, 0.2) is 0 Å². The van der Waals surface area contributed by atoms with Crippen LogP contribution >= 0.6 is 11.8 Å². The molecule has 2 saturated heterocycles. The zero-order chi connectivity index (χ0) is 21.3. The van der Waals surface area contributed by atoms with Crippen LogP contribution < -0.4 is 10.6 Å². The van der Waals surface area contributed by atoms with E-state index in [4.69, 9.17) is 4.74 Å². The molecular formula is C22H29N3O4S. The number of rotatable bonds is 7. The van der Waals surface area contributed by atoms with Gasteiger partial charge in [-0.05, 0) is 30.4 Å². The van der Waals surface area contributed by atoms with E-state index in [9.17, 15) is 14.4 Å². The normalized spacial score (nSPS) is 26.8. The number of thioether (sulfide) groups is 1. The average molecular weight is 432 g/mol. The van der Waals surface area contributed by atoms with Crippen LogP contribution in [0.15, 0.2) is 24.3 Å². The summed E-state index contributed by atoms with van der Waals surface area (Å²) >= 11 is 1.60. The van der Waals surface area contributed by atoms with Crippen molar-refractivity contribution in [1.29, 1.82) is 0 Å². The summed E-state index contributed by atoms with van der Waals surface area (Å²) in [4.78, 5) is 40.6. The van der Waals surface area contributed by atoms with E-state index in [1.165, 1.54) is 0 Å². The van der Waals surface area contributed by atoms with Crippen LogP contribution in [-0.2, 0) is 14.3 Å². The summed E-state index contributed by atoms with van der Waals surface area (Å²) in [6, 6.07) is 6.32. The highest BCUT2D eigenvalue weighted by molar-refractivity contribution is 7.99. The number of hydrogen-bond donors (Lipinski definition) is 2. The lowest BCUT2D eigenvalue weighted by molar-refractivity contribution is -0.132. The highest BCUT2D eigenvalue weighted by Crippen LogP contribution is 2.48. The van der Waals surface area contributed by atoms with E-state index >= 15 is 0 Å². The van der Waals surface area contributed by atoms with Crippen LogP contribution in [-0.4, -0.2) is 59.7 Å². The van der Waals surface area contributed by atoms with Gasteiger partial charge in [-0.1, -0.05) is 38.5 Å². The SMILES string of the molecule is CC[C@@H](C)[C@H](NC(=O)[C@@H]1CS[C@@H]2c3ccccc3C(=O)N21)C(=O)NC[C@H]1CCCO1. The van der Waals surface area contributed by atoms with E-state index < -0.39 is 12.1 Å². The van der Waals surface area contributed by atoms with Gasteiger partial charge in [-0.3, -0.25) is 14.4 Å². The number of carbonyl (C=O) groups excluding carboxylic acids is 3. The molecule has 7 nitrogen and oxygen atoms in total. The van der Waals surface area contributed by atoms with Gasteiger partial charge < -0.3 is 20.3 Å². The first-order valence-electron chi connectivity index (χ1n) is 10.7. The minimum Gasteiger partial charge on any atom is -0.376 e. The maximum Gasteiger partial charge on any atom is 0.256 e. The van der Waals surface area contributed by atoms with Gasteiger partial charge in [0.05, 0.1) is 6.10 Å². The zero-order valence-electron chi connectivity index (χ0n) is 17.4. The van der Waals surface area contributed by atoms with Crippen LogP contribution in [0.2, 0.25) is 0 Å². The molecule has 1 aromatic rings. The van der Waals surface area contributed by atoms with E-state index in [0.29, 0.717) is 17.9 Å². The molecular weight excluding hydrogens is 402 g/mol. The number of hydrogen-bond acceptors (Lipinski definition) is 5. The summed E-state index contributed by atoms with van der Waals surface area (Å²) in [6.07, 6.45) is 2.77. The third-order valence-corrected chi connectivity index (χ3v) is 7.62. The summed E-state index contributed by atoms with van der Waals surface area (Å²) in [7, 11) is 0. The first-order valence-corrected chi connectivity index (χ1v) is 11.8. The molecule has 0 aliphatic carbocycles. The van der Waals surface area contributed by atoms with Crippen LogP contribution in [0, 0.1) is 5.92 Å². The van der Waals surface area contributed by atoms with Crippen LogP contribution in [0.4, 0.5) is 0 Å². The van der Waals surface area contributed by atoms with Crippen LogP contribution in [0.3, 0.4) is 0 Å². The fourth-order valence-corrected chi connectivity index (χ4v) is 5.79. The van der Waals surface area contributed by atoms with Crippen molar-refractivity contribution in [2.24, 2.45) is 5.92 Å². The van der Waals surface area contributed by atoms with Gasteiger partial charge in [-0.2, -0.15) is 0 Å². The molecule has 0 spiro atoms.